The maximum Gasteiger partial charge on any atom is 0.343 e. The van der Waals surface area contributed by atoms with E-state index < -0.39 is 5.97 Å². The van der Waals surface area contributed by atoms with Gasteiger partial charge in [0.15, 0.2) is 5.43 Å². The molecule has 2 atom stereocenters. The normalized spacial score (nSPS) is 16.2. The summed E-state index contributed by atoms with van der Waals surface area (Å²) in [4.78, 5) is 25.4. The van der Waals surface area contributed by atoms with Crippen LogP contribution in [0.1, 0.15) is 64.4 Å². The number of esters is 1. The van der Waals surface area contributed by atoms with E-state index in [4.69, 9.17) is 14.6 Å². The van der Waals surface area contributed by atoms with Gasteiger partial charge in [-0.3, -0.25) is 9.48 Å². The summed E-state index contributed by atoms with van der Waals surface area (Å²) in [6.07, 6.45) is 2.71. The van der Waals surface area contributed by atoms with Crippen molar-refractivity contribution in [2.75, 3.05) is 13.2 Å². The van der Waals surface area contributed by atoms with Crippen molar-refractivity contribution in [1.29, 1.82) is 0 Å². The molecule has 3 aromatic rings. The molecular weight excluding hydrogens is 418 g/mol. The van der Waals surface area contributed by atoms with Gasteiger partial charge in [-0.15, -0.1) is 0 Å². The largest absolute Gasteiger partial charge is 0.491 e. The number of pyridine rings is 1. The fraction of sp³-hybridized carbons (Fsp3) is 0.500. The minimum absolute atomic E-state index is 0.00688. The number of ether oxygens (including phenoxy) is 2. The predicted molar refractivity (Wildman–Crippen MR) is 129 cm³/mol. The van der Waals surface area contributed by atoms with Gasteiger partial charge in [-0.2, -0.15) is 5.10 Å². The molecule has 0 saturated heterocycles. The van der Waals surface area contributed by atoms with E-state index in [1.807, 2.05) is 22.9 Å². The molecule has 7 heteroatoms. The molecule has 4 rings (SSSR count). The van der Waals surface area contributed by atoms with Gasteiger partial charge in [0.05, 0.1) is 37.2 Å². The second-order valence-corrected chi connectivity index (χ2v) is 9.95. The third kappa shape index (κ3) is 4.16. The summed E-state index contributed by atoms with van der Waals surface area (Å²) < 4.78 is 15.3. The third-order valence-corrected chi connectivity index (χ3v) is 6.45. The Morgan fingerprint density at radius 3 is 2.70 bits per heavy atom. The monoisotopic (exact) mass is 451 g/mol. The Hall–Kier alpha value is -3.09. The van der Waals surface area contributed by atoms with Gasteiger partial charge in [0.2, 0.25) is 0 Å². The molecule has 0 fully saturated rings. The summed E-state index contributed by atoms with van der Waals surface area (Å²) in [6.45, 7) is 14.0. The van der Waals surface area contributed by atoms with Crippen LogP contribution < -0.4 is 10.2 Å². The van der Waals surface area contributed by atoms with Crippen LogP contribution in [0.4, 0.5) is 0 Å². The molecule has 0 N–H and O–H groups in total. The summed E-state index contributed by atoms with van der Waals surface area (Å²) in [6, 6.07) is 7.45. The van der Waals surface area contributed by atoms with E-state index in [2.05, 4.69) is 39.2 Å². The van der Waals surface area contributed by atoms with Gasteiger partial charge >= 0.3 is 5.97 Å². The fourth-order valence-corrected chi connectivity index (χ4v) is 4.30. The van der Waals surface area contributed by atoms with Crippen LogP contribution in [0.3, 0.4) is 0 Å². The van der Waals surface area contributed by atoms with E-state index in [1.54, 1.807) is 19.2 Å². The number of carbonyl (C=O) groups is 1. The van der Waals surface area contributed by atoms with Crippen molar-refractivity contribution in [1.82, 2.24) is 14.3 Å². The van der Waals surface area contributed by atoms with Crippen molar-refractivity contribution in [3.63, 3.8) is 0 Å². The number of benzene rings is 1. The summed E-state index contributed by atoms with van der Waals surface area (Å²) in [5, 5.41) is 5.85. The third-order valence-electron chi connectivity index (χ3n) is 6.45. The first-order valence-electron chi connectivity index (χ1n) is 11.7. The van der Waals surface area contributed by atoms with Crippen molar-refractivity contribution in [2.24, 2.45) is 11.3 Å². The molecule has 0 radical (unpaired) electrons. The van der Waals surface area contributed by atoms with Gasteiger partial charge in [-0.25, -0.2) is 4.79 Å². The standard InChI is InChI=1S/C26H33N3O4/c1-7-16(3)15-33-21-11-9-10-17-23(21)27-29-14-22(26(4,5)6)28-13-18(25(31)32-8-2)20(30)12-19(28)24(17)29/h9-13,16,22H,7-8,14-15H2,1-6H3. The summed E-state index contributed by atoms with van der Waals surface area (Å²) in [5.74, 6) is 0.609. The van der Waals surface area contributed by atoms with E-state index in [1.165, 1.54) is 0 Å². The molecule has 1 aromatic carbocycles. The molecule has 0 amide bonds. The highest BCUT2D eigenvalue weighted by atomic mass is 16.5. The van der Waals surface area contributed by atoms with E-state index in [0.717, 1.165) is 34.5 Å². The lowest BCUT2D eigenvalue weighted by Gasteiger charge is -2.38. The van der Waals surface area contributed by atoms with Gasteiger partial charge in [0, 0.05) is 17.6 Å². The molecule has 33 heavy (non-hydrogen) atoms. The lowest BCUT2D eigenvalue weighted by Crippen LogP contribution is -2.35. The van der Waals surface area contributed by atoms with E-state index in [0.29, 0.717) is 19.1 Å². The molecule has 7 nitrogen and oxygen atoms in total. The minimum Gasteiger partial charge on any atom is -0.491 e. The topological polar surface area (TPSA) is 75.3 Å². The highest BCUT2D eigenvalue weighted by molar-refractivity contribution is 5.97. The Balaban J connectivity index is 1.91. The lowest BCUT2D eigenvalue weighted by molar-refractivity contribution is 0.0522. The quantitative estimate of drug-likeness (QED) is 0.489. The number of hydrogen-bond acceptors (Lipinski definition) is 5. The molecule has 1 aliphatic rings. The minimum atomic E-state index is -0.588. The molecule has 3 heterocycles. The summed E-state index contributed by atoms with van der Waals surface area (Å²) >= 11 is 0. The van der Waals surface area contributed by atoms with Crippen LogP contribution in [-0.2, 0) is 11.3 Å². The van der Waals surface area contributed by atoms with Crippen LogP contribution in [0, 0.1) is 11.3 Å². The molecule has 2 aromatic heterocycles. The average Bonchev–Trinajstić information content (AvgIpc) is 3.15. The molecule has 0 spiro atoms. The van der Waals surface area contributed by atoms with E-state index in [-0.39, 0.29) is 29.1 Å². The van der Waals surface area contributed by atoms with Crippen molar-refractivity contribution in [3.05, 3.63) is 46.2 Å². The van der Waals surface area contributed by atoms with Gasteiger partial charge in [0.1, 0.15) is 16.8 Å². The maximum atomic E-state index is 12.9. The number of fused-ring (bicyclic) bond motifs is 5. The number of hydrogen-bond donors (Lipinski definition) is 0. The van der Waals surface area contributed by atoms with Gasteiger partial charge in [0.25, 0.3) is 0 Å². The first-order chi connectivity index (χ1) is 15.7. The van der Waals surface area contributed by atoms with Crippen LogP contribution in [0.15, 0.2) is 35.3 Å². The summed E-state index contributed by atoms with van der Waals surface area (Å²) in [7, 11) is 0. The van der Waals surface area contributed by atoms with Crippen LogP contribution in [0.25, 0.3) is 22.3 Å². The zero-order chi connectivity index (χ0) is 23.9. The first-order valence-corrected chi connectivity index (χ1v) is 11.7. The van der Waals surface area contributed by atoms with Crippen molar-refractivity contribution in [3.8, 4) is 17.1 Å². The SMILES string of the molecule is CCOC(=O)c1cn2c(cc1=O)-c1c3cccc(OCC(C)CC)c3nn1CC2C(C)(C)C. The number of aromatic nitrogens is 3. The lowest BCUT2D eigenvalue weighted by atomic mass is 9.85. The smallest absolute Gasteiger partial charge is 0.343 e. The zero-order valence-corrected chi connectivity index (χ0v) is 20.3. The Labute approximate surface area is 194 Å². The molecule has 2 unspecified atom stereocenters. The Bertz CT molecular complexity index is 1250. The van der Waals surface area contributed by atoms with Crippen LogP contribution in [-0.4, -0.2) is 33.5 Å². The Morgan fingerprint density at radius 1 is 1.27 bits per heavy atom. The number of nitrogens with zero attached hydrogens (tertiary/aromatic N) is 3. The Morgan fingerprint density at radius 2 is 2.03 bits per heavy atom. The molecule has 176 valence electrons. The fourth-order valence-electron chi connectivity index (χ4n) is 4.30. The molecule has 0 saturated carbocycles. The number of carbonyl (C=O) groups excluding carboxylic acids is 1. The molecular formula is C26H33N3O4. The predicted octanol–water partition coefficient (Wildman–Crippen LogP) is 5.07. The van der Waals surface area contributed by atoms with Crippen molar-refractivity contribution >= 4 is 16.9 Å². The first kappa shape index (κ1) is 23.1. The van der Waals surface area contributed by atoms with Crippen molar-refractivity contribution < 1.29 is 14.3 Å². The van der Waals surface area contributed by atoms with Crippen LogP contribution in [0.2, 0.25) is 0 Å². The van der Waals surface area contributed by atoms with Crippen molar-refractivity contribution in [2.45, 2.75) is 60.5 Å². The molecule has 0 bridgehead atoms. The summed E-state index contributed by atoms with van der Waals surface area (Å²) in [5.41, 5.74) is 1.98. The average molecular weight is 452 g/mol. The van der Waals surface area contributed by atoms with Crippen LogP contribution >= 0.6 is 0 Å². The second-order valence-electron chi connectivity index (χ2n) is 9.95. The van der Waals surface area contributed by atoms with E-state index >= 15 is 0 Å². The van der Waals surface area contributed by atoms with E-state index in [9.17, 15) is 9.59 Å². The van der Waals surface area contributed by atoms with Gasteiger partial charge in [-0.1, -0.05) is 53.2 Å². The highest BCUT2D eigenvalue weighted by Gasteiger charge is 2.35. The molecule has 0 aliphatic carbocycles. The Kier molecular flexibility index (Phi) is 6.08. The maximum absolute atomic E-state index is 12.9. The van der Waals surface area contributed by atoms with Crippen LogP contribution in [0.5, 0.6) is 5.75 Å². The van der Waals surface area contributed by atoms with Gasteiger partial charge < -0.3 is 14.0 Å². The van der Waals surface area contributed by atoms with Gasteiger partial charge in [-0.05, 0) is 24.3 Å². The number of rotatable bonds is 6. The second kappa shape index (κ2) is 8.69. The highest BCUT2D eigenvalue weighted by Crippen LogP contribution is 2.43. The molecule has 1 aliphatic heterocycles. The zero-order valence-electron chi connectivity index (χ0n) is 20.3.